The average Bonchev–Trinajstić information content (AvgIpc) is 2.58. The maximum Gasteiger partial charge on any atom is 0.416 e. The zero-order chi connectivity index (χ0) is 20.4. The predicted octanol–water partition coefficient (Wildman–Crippen LogP) is 5.75. The van der Waals surface area contributed by atoms with Gasteiger partial charge in [-0.15, -0.1) is 0 Å². The van der Waals surface area contributed by atoms with Crippen molar-refractivity contribution in [1.82, 2.24) is 0 Å². The third-order valence-electron chi connectivity index (χ3n) is 4.03. The first-order valence-electron chi connectivity index (χ1n) is 8.16. The monoisotopic (exact) mass is 379 g/mol. The summed E-state index contributed by atoms with van der Waals surface area (Å²) in [5, 5.41) is 15.2. The van der Waals surface area contributed by atoms with Gasteiger partial charge < -0.3 is 0 Å². The number of nitro groups is 1. The SMILES string of the molecule is CC(=NNc1ccc(C(F)(F)F)cc1[N+](=O)[O-])c1ccc(C(C)(C)C)cc1. The third-order valence-corrected chi connectivity index (χ3v) is 4.03. The molecule has 1 N–H and O–H groups in total. The molecule has 0 aliphatic heterocycles. The Morgan fingerprint density at radius 1 is 1.04 bits per heavy atom. The minimum absolute atomic E-state index is 0.00265. The van der Waals surface area contributed by atoms with Gasteiger partial charge in [0.15, 0.2) is 0 Å². The van der Waals surface area contributed by atoms with Gasteiger partial charge in [-0.2, -0.15) is 18.3 Å². The van der Waals surface area contributed by atoms with E-state index in [-0.39, 0.29) is 11.1 Å². The zero-order valence-electron chi connectivity index (χ0n) is 15.4. The molecule has 0 radical (unpaired) electrons. The second kappa shape index (κ2) is 7.38. The Hall–Kier alpha value is -2.90. The molecule has 0 atom stereocenters. The summed E-state index contributed by atoms with van der Waals surface area (Å²) in [5.41, 5.74) is 3.10. The van der Waals surface area contributed by atoms with Crippen molar-refractivity contribution >= 4 is 17.1 Å². The maximum atomic E-state index is 12.7. The number of benzene rings is 2. The fourth-order valence-corrected chi connectivity index (χ4v) is 2.37. The summed E-state index contributed by atoms with van der Waals surface area (Å²) in [5.74, 6) is 0. The van der Waals surface area contributed by atoms with Crippen LogP contribution in [0.2, 0.25) is 0 Å². The van der Waals surface area contributed by atoms with Crippen LogP contribution in [0.25, 0.3) is 0 Å². The summed E-state index contributed by atoms with van der Waals surface area (Å²) in [6.07, 6.45) is -4.66. The van der Waals surface area contributed by atoms with E-state index in [1.807, 2.05) is 24.3 Å². The van der Waals surface area contributed by atoms with Gasteiger partial charge in [0.1, 0.15) is 5.69 Å². The Balaban J connectivity index is 2.27. The summed E-state index contributed by atoms with van der Waals surface area (Å²) < 4.78 is 38.2. The Morgan fingerprint density at radius 2 is 1.59 bits per heavy atom. The van der Waals surface area contributed by atoms with E-state index in [0.29, 0.717) is 11.8 Å². The van der Waals surface area contributed by atoms with Gasteiger partial charge in [-0.05, 0) is 35.6 Å². The number of hydrazone groups is 1. The molecule has 2 aromatic rings. The second-order valence-electron chi connectivity index (χ2n) is 7.12. The van der Waals surface area contributed by atoms with E-state index in [1.54, 1.807) is 6.92 Å². The van der Waals surface area contributed by atoms with Gasteiger partial charge >= 0.3 is 6.18 Å². The number of hydrogen-bond donors (Lipinski definition) is 1. The van der Waals surface area contributed by atoms with Crippen molar-refractivity contribution in [2.24, 2.45) is 5.10 Å². The molecular formula is C19H20F3N3O2. The van der Waals surface area contributed by atoms with Crippen LogP contribution in [0, 0.1) is 10.1 Å². The molecule has 0 spiro atoms. The minimum atomic E-state index is -4.66. The van der Waals surface area contributed by atoms with Crippen molar-refractivity contribution in [1.29, 1.82) is 0 Å². The van der Waals surface area contributed by atoms with Crippen LogP contribution in [0.5, 0.6) is 0 Å². The molecule has 0 saturated carbocycles. The molecular weight excluding hydrogens is 359 g/mol. The number of nitro benzene ring substituents is 1. The van der Waals surface area contributed by atoms with Crippen LogP contribution < -0.4 is 5.43 Å². The van der Waals surface area contributed by atoms with Crippen molar-refractivity contribution in [2.45, 2.75) is 39.3 Å². The van der Waals surface area contributed by atoms with E-state index in [2.05, 4.69) is 31.3 Å². The molecule has 0 heterocycles. The summed E-state index contributed by atoms with van der Waals surface area (Å²) in [7, 11) is 0. The first kappa shape index (κ1) is 20.4. The molecule has 0 aliphatic carbocycles. The molecule has 5 nitrogen and oxygen atoms in total. The fourth-order valence-electron chi connectivity index (χ4n) is 2.37. The lowest BCUT2D eigenvalue weighted by Gasteiger charge is -2.19. The molecule has 8 heteroatoms. The predicted molar refractivity (Wildman–Crippen MR) is 99.1 cm³/mol. The van der Waals surface area contributed by atoms with Gasteiger partial charge in [-0.3, -0.25) is 15.5 Å². The summed E-state index contributed by atoms with van der Waals surface area (Å²) in [6, 6.07) is 9.96. The third kappa shape index (κ3) is 5.06. The highest BCUT2D eigenvalue weighted by atomic mass is 19.4. The zero-order valence-corrected chi connectivity index (χ0v) is 15.4. The van der Waals surface area contributed by atoms with Gasteiger partial charge in [-0.1, -0.05) is 45.0 Å². The number of nitrogens with one attached hydrogen (secondary N) is 1. The average molecular weight is 379 g/mol. The Kier molecular flexibility index (Phi) is 5.58. The smallest absolute Gasteiger partial charge is 0.271 e. The van der Waals surface area contributed by atoms with Crippen molar-refractivity contribution in [3.8, 4) is 0 Å². The number of hydrogen-bond acceptors (Lipinski definition) is 4. The molecule has 2 rings (SSSR count). The van der Waals surface area contributed by atoms with E-state index in [0.717, 1.165) is 23.3 Å². The van der Waals surface area contributed by atoms with Crippen molar-refractivity contribution < 1.29 is 18.1 Å². The van der Waals surface area contributed by atoms with Gasteiger partial charge in [0.25, 0.3) is 5.69 Å². The van der Waals surface area contributed by atoms with Crippen molar-refractivity contribution in [2.75, 3.05) is 5.43 Å². The molecule has 0 aliphatic rings. The standard InChI is InChI=1S/C19H20F3N3O2/c1-12(13-5-7-14(8-6-13)18(2,3)4)23-24-16-10-9-15(19(20,21)22)11-17(16)25(26)27/h5-11,24H,1-4H3. The van der Waals surface area contributed by atoms with Gasteiger partial charge in [0.05, 0.1) is 16.2 Å². The van der Waals surface area contributed by atoms with E-state index >= 15 is 0 Å². The Morgan fingerprint density at radius 3 is 2.07 bits per heavy atom. The first-order chi connectivity index (χ1) is 12.4. The lowest BCUT2D eigenvalue weighted by Crippen LogP contribution is -2.11. The van der Waals surface area contributed by atoms with E-state index in [1.165, 1.54) is 0 Å². The van der Waals surface area contributed by atoms with Gasteiger partial charge in [0, 0.05) is 6.07 Å². The van der Waals surface area contributed by atoms with Crippen LogP contribution in [0.15, 0.2) is 47.6 Å². The summed E-state index contributed by atoms with van der Waals surface area (Å²) >= 11 is 0. The Bertz CT molecular complexity index is 867. The number of halogens is 3. The molecule has 0 aromatic heterocycles. The molecule has 0 bridgehead atoms. The van der Waals surface area contributed by atoms with Crippen LogP contribution in [0.1, 0.15) is 44.4 Å². The molecule has 0 saturated heterocycles. The molecule has 0 fully saturated rings. The molecule has 0 amide bonds. The maximum absolute atomic E-state index is 12.7. The highest BCUT2D eigenvalue weighted by molar-refractivity contribution is 5.99. The highest BCUT2D eigenvalue weighted by Gasteiger charge is 2.33. The van der Waals surface area contributed by atoms with Gasteiger partial charge in [0.2, 0.25) is 0 Å². The molecule has 27 heavy (non-hydrogen) atoms. The number of anilines is 1. The van der Waals surface area contributed by atoms with Crippen LogP contribution in [-0.2, 0) is 11.6 Å². The topological polar surface area (TPSA) is 67.5 Å². The van der Waals surface area contributed by atoms with E-state index < -0.39 is 22.4 Å². The summed E-state index contributed by atoms with van der Waals surface area (Å²) in [4.78, 5) is 10.2. The summed E-state index contributed by atoms with van der Waals surface area (Å²) in [6.45, 7) is 7.98. The fraction of sp³-hybridized carbons (Fsp3) is 0.316. The van der Waals surface area contributed by atoms with Crippen LogP contribution in [0.3, 0.4) is 0 Å². The van der Waals surface area contributed by atoms with Crippen LogP contribution >= 0.6 is 0 Å². The minimum Gasteiger partial charge on any atom is -0.271 e. The lowest BCUT2D eigenvalue weighted by molar-refractivity contribution is -0.384. The normalized spacial score (nSPS) is 12.8. The van der Waals surface area contributed by atoms with Crippen molar-refractivity contribution in [3.05, 3.63) is 69.3 Å². The number of alkyl halides is 3. The van der Waals surface area contributed by atoms with E-state index in [9.17, 15) is 23.3 Å². The number of nitrogens with zero attached hydrogens (tertiary/aromatic N) is 2. The number of rotatable bonds is 4. The highest BCUT2D eigenvalue weighted by Crippen LogP contribution is 2.35. The first-order valence-corrected chi connectivity index (χ1v) is 8.16. The Labute approximate surface area is 155 Å². The van der Waals surface area contributed by atoms with Crippen LogP contribution in [-0.4, -0.2) is 10.6 Å². The quantitative estimate of drug-likeness (QED) is 0.418. The van der Waals surface area contributed by atoms with Gasteiger partial charge in [-0.25, -0.2) is 0 Å². The molecule has 144 valence electrons. The second-order valence-corrected chi connectivity index (χ2v) is 7.12. The van der Waals surface area contributed by atoms with Crippen LogP contribution in [0.4, 0.5) is 24.5 Å². The van der Waals surface area contributed by atoms with Crippen molar-refractivity contribution in [3.63, 3.8) is 0 Å². The molecule has 0 unspecified atom stereocenters. The molecule has 2 aromatic carbocycles. The largest absolute Gasteiger partial charge is 0.416 e. The van der Waals surface area contributed by atoms with E-state index in [4.69, 9.17) is 0 Å². The lowest BCUT2D eigenvalue weighted by atomic mass is 9.86.